The fourth-order valence-corrected chi connectivity index (χ4v) is 4.14. The van der Waals surface area contributed by atoms with Gasteiger partial charge in [0.05, 0.1) is 33.5 Å². The summed E-state index contributed by atoms with van der Waals surface area (Å²) in [6.07, 6.45) is 3.24. The Labute approximate surface area is 204 Å². The summed E-state index contributed by atoms with van der Waals surface area (Å²) in [6.45, 7) is 1.78. The van der Waals surface area contributed by atoms with Crippen LogP contribution in [0.1, 0.15) is 16.2 Å². The zero-order valence-electron chi connectivity index (χ0n) is 19.2. The topological polar surface area (TPSA) is 108 Å². The third kappa shape index (κ3) is 3.68. The molecule has 0 saturated carbocycles. The van der Waals surface area contributed by atoms with Crippen LogP contribution >= 0.6 is 0 Å². The predicted octanol–water partition coefficient (Wildman–Crippen LogP) is 4.08. The number of carbonyl (C=O) groups is 1. The van der Waals surface area contributed by atoms with Crippen molar-refractivity contribution in [2.24, 2.45) is 0 Å². The zero-order valence-corrected chi connectivity index (χ0v) is 19.2. The fraction of sp³-hybridized carbons (Fsp3) is 0.0370. The molecule has 0 atom stereocenters. The van der Waals surface area contributed by atoms with Gasteiger partial charge in [-0.15, -0.1) is 5.10 Å². The van der Waals surface area contributed by atoms with Crippen molar-refractivity contribution in [1.29, 1.82) is 0 Å². The van der Waals surface area contributed by atoms with Crippen molar-refractivity contribution >= 4 is 33.4 Å². The highest BCUT2D eigenvalue weighted by Crippen LogP contribution is 2.20. The third-order valence-corrected chi connectivity index (χ3v) is 5.99. The molecule has 0 aliphatic rings. The molecule has 174 valence electrons. The summed E-state index contributed by atoms with van der Waals surface area (Å²) >= 11 is 0. The molecule has 3 aromatic carbocycles. The molecule has 1 N–H and O–H groups in total. The molecule has 1 amide bonds. The van der Waals surface area contributed by atoms with Crippen molar-refractivity contribution in [2.75, 3.05) is 5.32 Å². The van der Waals surface area contributed by atoms with Crippen molar-refractivity contribution < 1.29 is 4.79 Å². The molecule has 3 heterocycles. The second kappa shape index (κ2) is 8.55. The van der Waals surface area contributed by atoms with Gasteiger partial charge in [-0.2, -0.15) is 0 Å². The maximum atomic E-state index is 13.1. The van der Waals surface area contributed by atoms with Crippen LogP contribution in [0.25, 0.3) is 33.2 Å². The van der Waals surface area contributed by atoms with Crippen molar-refractivity contribution in [1.82, 2.24) is 29.5 Å². The van der Waals surface area contributed by atoms with Gasteiger partial charge in [0.15, 0.2) is 5.69 Å². The van der Waals surface area contributed by atoms with Gasteiger partial charge in [-0.3, -0.25) is 19.1 Å². The first-order chi connectivity index (χ1) is 17.6. The molecule has 9 nitrogen and oxygen atoms in total. The van der Waals surface area contributed by atoms with Crippen LogP contribution < -0.4 is 10.9 Å². The van der Waals surface area contributed by atoms with E-state index in [1.807, 2.05) is 60.7 Å². The van der Waals surface area contributed by atoms with E-state index in [1.54, 1.807) is 36.0 Å². The molecule has 0 fully saturated rings. The van der Waals surface area contributed by atoms with E-state index in [9.17, 15) is 9.59 Å². The number of amides is 1. The third-order valence-electron chi connectivity index (χ3n) is 5.99. The van der Waals surface area contributed by atoms with Crippen molar-refractivity contribution in [3.05, 3.63) is 113 Å². The first-order valence-corrected chi connectivity index (χ1v) is 11.2. The van der Waals surface area contributed by atoms with E-state index in [0.717, 1.165) is 16.6 Å². The molecule has 3 aromatic heterocycles. The number of hydrogen-bond donors (Lipinski definition) is 1. The SMILES string of the molecule is Cc1c(C(=O)Nc2ccc3ncn(-c4ccccc4)c(=O)c3c2)nnn1-c1ccc2ncccc2c1. The minimum atomic E-state index is -0.423. The standard InChI is InChI=1S/C27H19N7O2/c1-17-25(31-32-34(17)21-10-12-23-18(14-21)6-5-13-28-23)26(35)30-19-9-11-24-22(15-19)27(36)33(16-29-24)20-7-3-2-4-8-20/h2-16H,1H3,(H,30,35). The Morgan fingerprint density at radius 1 is 0.861 bits per heavy atom. The Kier molecular flexibility index (Phi) is 5.07. The highest BCUT2D eigenvalue weighted by atomic mass is 16.2. The number of carbonyl (C=O) groups excluding carboxylic acids is 1. The summed E-state index contributed by atoms with van der Waals surface area (Å²) < 4.78 is 3.09. The van der Waals surface area contributed by atoms with Crippen LogP contribution in [0.2, 0.25) is 0 Å². The molecule has 0 bridgehead atoms. The molecule has 0 aliphatic carbocycles. The van der Waals surface area contributed by atoms with Gasteiger partial charge in [0, 0.05) is 17.3 Å². The monoisotopic (exact) mass is 473 g/mol. The summed E-state index contributed by atoms with van der Waals surface area (Å²) in [5.74, 6) is -0.423. The number of hydrogen-bond acceptors (Lipinski definition) is 6. The zero-order chi connectivity index (χ0) is 24.6. The highest BCUT2D eigenvalue weighted by Gasteiger charge is 2.18. The Balaban J connectivity index is 1.31. The smallest absolute Gasteiger partial charge is 0.278 e. The average molecular weight is 473 g/mol. The number of benzene rings is 3. The lowest BCUT2D eigenvalue weighted by Crippen LogP contribution is -2.19. The van der Waals surface area contributed by atoms with Crippen LogP contribution in [0.15, 0.2) is 96.2 Å². The van der Waals surface area contributed by atoms with E-state index >= 15 is 0 Å². The molecular weight excluding hydrogens is 454 g/mol. The maximum absolute atomic E-state index is 13.1. The number of pyridine rings is 1. The average Bonchev–Trinajstić information content (AvgIpc) is 3.30. The normalized spacial score (nSPS) is 11.1. The highest BCUT2D eigenvalue weighted by molar-refractivity contribution is 6.04. The molecule has 6 rings (SSSR count). The first-order valence-electron chi connectivity index (χ1n) is 11.2. The van der Waals surface area contributed by atoms with Crippen molar-refractivity contribution in [2.45, 2.75) is 6.92 Å². The van der Waals surface area contributed by atoms with E-state index in [0.29, 0.717) is 28.0 Å². The quantitative estimate of drug-likeness (QED) is 0.414. The van der Waals surface area contributed by atoms with Crippen LogP contribution in [0.4, 0.5) is 5.69 Å². The minimum Gasteiger partial charge on any atom is -0.321 e. The van der Waals surface area contributed by atoms with Gasteiger partial charge in [0.25, 0.3) is 11.5 Å². The Bertz CT molecular complexity index is 1820. The first kappa shape index (κ1) is 21.4. The Morgan fingerprint density at radius 2 is 1.69 bits per heavy atom. The molecule has 36 heavy (non-hydrogen) atoms. The van der Waals surface area contributed by atoms with Crippen LogP contribution in [-0.4, -0.2) is 35.4 Å². The van der Waals surface area contributed by atoms with Crippen LogP contribution in [0, 0.1) is 6.92 Å². The van der Waals surface area contributed by atoms with Gasteiger partial charge in [-0.1, -0.05) is 29.5 Å². The van der Waals surface area contributed by atoms with Gasteiger partial charge in [-0.05, 0) is 61.5 Å². The summed E-state index contributed by atoms with van der Waals surface area (Å²) in [5, 5.41) is 12.5. The van der Waals surface area contributed by atoms with E-state index in [2.05, 4.69) is 25.6 Å². The number of nitrogens with zero attached hydrogens (tertiary/aromatic N) is 6. The summed E-state index contributed by atoms with van der Waals surface area (Å²) in [6, 6.07) is 23.8. The van der Waals surface area contributed by atoms with E-state index in [1.165, 1.54) is 10.9 Å². The van der Waals surface area contributed by atoms with Gasteiger partial charge in [0.2, 0.25) is 0 Å². The van der Waals surface area contributed by atoms with Gasteiger partial charge < -0.3 is 5.32 Å². The van der Waals surface area contributed by atoms with Crippen LogP contribution in [-0.2, 0) is 0 Å². The largest absolute Gasteiger partial charge is 0.321 e. The van der Waals surface area contributed by atoms with E-state index < -0.39 is 5.91 Å². The predicted molar refractivity (Wildman–Crippen MR) is 137 cm³/mol. The number of rotatable bonds is 4. The van der Waals surface area contributed by atoms with Crippen molar-refractivity contribution in [3.63, 3.8) is 0 Å². The molecule has 9 heteroatoms. The maximum Gasteiger partial charge on any atom is 0.278 e. The number of nitrogens with one attached hydrogen (secondary N) is 1. The second-order valence-corrected chi connectivity index (χ2v) is 8.26. The number of para-hydroxylation sites is 1. The summed E-state index contributed by atoms with van der Waals surface area (Å²) in [5.41, 5.74) is 3.91. The number of anilines is 1. The van der Waals surface area contributed by atoms with Crippen LogP contribution in [0.5, 0.6) is 0 Å². The lowest BCUT2D eigenvalue weighted by atomic mass is 10.2. The molecular formula is C27H19N7O2. The molecule has 0 spiro atoms. The minimum absolute atomic E-state index is 0.189. The fourth-order valence-electron chi connectivity index (χ4n) is 4.14. The second-order valence-electron chi connectivity index (χ2n) is 8.26. The van der Waals surface area contributed by atoms with E-state index in [-0.39, 0.29) is 11.3 Å². The lowest BCUT2D eigenvalue weighted by molar-refractivity contribution is 0.102. The van der Waals surface area contributed by atoms with Gasteiger partial charge in [-0.25, -0.2) is 9.67 Å². The van der Waals surface area contributed by atoms with Gasteiger partial charge in [0.1, 0.15) is 6.33 Å². The lowest BCUT2D eigenvalue weighted by Gasteiger charge is -2.09. The molecule has 0 unspecified atom stereocenters. The molecule has 6 aromatic rings. The van der Waals surface area contributed by atoms with Crippen LogP contribution in [0.3, 0.4) is 0 Å². The van der Waals surface area contributed by atoms with Gasteiger partial charge >= 0.3 is 0 Å². The molecule has 0 aliphatic heterocycles. The number of aromatic nitrogens is 6. The Morgan fingerprint density at radius 3 is 2.56 bits per heavy atom. The summed E-state index contributed by atoms with van der Waals surface area (Å²) in [4.78, 5) is 34.9. The molecule has 0 radical (unpaired) electrons. The van der Waals surface area contributed by atoms with Crippen molar-refractivity contribution in [3.8, 4) is 11.4 Å². The Hall–Kier alpha value is -5.18. The van der Waals surface area contributed by atoms with E-state index in [4.69, 9.17) is 0 Å². The molecule has 0 saturated heterocycles. The number of fused-ring (bicyclic) bond motifs is 2. The summed E-state index contributed by atoms with van der Waals surface area (Å²) in [7, 11) is 0.